The molecular formula is C7H10N3+. The molecule has 1 heterocycles. The Balaban J connectivity index is 2.67. The lowest BCUT2D eigenvalue weighted by Crippen LogP contribution is -2.10. The molecule has 0 saturated carbocycles. The Hall–Kier alpha value is -1.38. The number of pyridine rings is 1. The molecule has 1 aromatic heterocycles. The Morgan fingerprint density at radius 1 is 1.70 bits per heavy atom. The van der Waals surface area contributed by atoms with Gasteiger partial charge in [-0.25, -0.2) is 0 Å². The van der Waals surface area contributed by atoms with Crippen LogP contribution in [0.4, 0.5) is 5.69 Å². The Morgan fingerprint density at radius 3 is 3.00 bits per heavy atom. The van der Waals surface area contributed by atoms with Crippen LogP contribution in [0.3, 0.4) is 0 Å². The summed E-state index contributed by atoms with van der Waals surface area (Å²) in [6.45, 7) is 3.63. The third-order valence-corrected chi connectivity index (χ3v) is 0.981. The third-order valence-electron chi connectivity index (χ3n) is 0.981. The van der Waals surface area contributed by atoms with Gasteiger partial charge in [0.2, 0.25) is 0 Å². The van der Waals surface area contributed by atoms with E-state index in [1.165, 1.54) is 0 Å². The van der Waals surface area contributed by atoms with Gasteiger partial charge in [0, 0.05) is 6.20 Å². The molecule has 1 aromatic rings. The Bertz CT molecular complexity index is 218. The molecule has 0 aliphatic heterocycles. The Morgan fingerprint density at radius 2 is 2.50 bits per heavy atom. The smallest absolute Gasteiger partial charge is 0.161 e. The normalized spacial score (nSPS) is 8.90. The molecule has 0 fully saturated rings. The fourth-order valence-corrected chi connectivity index (χ4v) is 0.649. The van der Waals surface area contributed by atoms with Crippen molar-refractivity contribution in [3.05, 3.63) is 24.5 Å². The average Bonchev–Trinajstić information content (AvgIpc) is 1.88. The summed E-state index contributed by atoms with van der Waals surface area (Å²) >= 11 is 0. The van der Waals surface area contributed by atoms with E-state index in [-0.39, 0.29) is 0 Å². The first-order chi connectivity index (χ1) is 4.79. The van der Waals surface area contributed by atoms with E-state index in [2.05, 4.69) is 17.1 Å². The number of hydrogen-bond donors (Lipinski definition) is 1. The van der Waals surface area contributed by atoms with Crippen LogP contribution in [0, 0.1) is 0 Å². The minimum Gasteiger partial charge on any atom is -0.262 e. The first-order valence-corrected chi connectivity index (χ1v) is 3.00. The Labute approximate surface area is 60.0 Å². The largest absolute Gasteiger partial charge is 0.262 e. The Kier molecular flexibility index (Phi) is 1.99. The van der Waals surface area contributed by atoms with E-state index in [4.69, 9.17) is 0 Å². The van der Waals surface area contributed by atoms with Crippen molar-refractivity contribution >= 4 is 12.4 Å². The summed E-state index contributed by atoms with van der Waals surface area (Å²) in [4.78, 5) is 3.92. The van der Waals surface area contributed by atoms with E-state index in [9.17, 15) is 0 Å². The molecule has 0 unspecified atom stereocenters. The molecule has 3 nitrogen and oxygen atoms in total. The quantitative estimate of drug-likeness (QED) is 0.369. The first-order valence-electron chi connectivity index (χ1n) is 3.00. The maximum Gasteiger partial charge on any atom is 0.161 e. The number of anilines is 1. The fourth-order valence-electron chi connectivity index (χ4n) is 0.649. The van der Waals surface area contributed by atoms with Crippen molar-refractivity contribution < 1.29 is 4.68 Å². The summed E-state index contributed by atoms with van der Waals surface area (Å²) in [7, 11) is 1.83. The van der Waals surface area contributed by atoms with Crippen molar-refractivity contribution in [1.29, 1.82) is 0 Å². The highest BCUT2D eigenvalue weighted by Gasteiger charge is 1.91. The molecule has 52 valence electrons. The summed E-state index contributed by atoms with van der Waals surface area (Å²) in [6.07, 6.45) is 3.47. The molecule has 0 bridgehead atoms. The molecule has 1 N–H and O–H groups in total. The van der Waals surface area contributed by atoms with Gasteiger partial charge in [0.15, 0.2) is 13.8 Å². The van der Waals surface area contributed by atoms with Crippen LogP contribution < -0.4 is 5.43 Å². The highest BCUT2D eigenvalue weighted by atomic mass is 15.4. The topological polar surface area (TPSA) is 27.9 Å². The summed E-state index contributed by atoms with van der Waals surface area (Å²) in [5.41, 5.74) is 3.91. The minimum atomic E-state index is 0.944. The van der Waals surface area contributed by atoms with Gasteiger partial charge in [0.1, 0.15) is 5.69 Å². The molecule has 1 rings (SSSR count). The second-order valence-corrected chi connectivity index (χ2v) is 2.05. The van der Waals surface area contributed by atoms with Gasteiger partial charge in [-0.2, -0.15) is 5.43 Å². The van der Waals surface area contributed by atoms with Gasteiger partial charge in [0.05, 0.1) is 6.20 Å². The van der Waals surface area contributed by atoms with Crippen molar-refractivity contribution in [3.63, 3.8) is 0 Å². The molecule has 0 atom stereocenters. The lowest BCUT2D eigenvalue weighted by atomic mass is 10.4. The van der Waals surface area contributed by atoms with Gasteiger partial charge in [-0.05, 0) is 12.1 Å². The lowest BCUT2D eigenvalue weighted by Gasteiger charge is -1.96. The lowest BCUT2D eigenvalue weighted by molar-refractivity contribution is -0.454. The molecule has 0 spiro atoms. The van der Waals surface area contributed by atoms with Gasteiger partial charge < -0.3 is 0 Å². The number of nitrogens with zero attached hydrogens (tertiary/aromatic N) is 2. The van der Waals surface area contributed by atoms with Crippen molar-refractivity contribution in [2.45, 2.75) is 0 Å². The van der Waals surface area contributed by atoms with Crippen LogP contribution in [0.5, 0.6) is 0 Å². The number of nitrogens with one attached hydrogen (secondary N) is 1. The molecule has 0 radical (unpaired) electrons. The number of aromatic nitrogens is 1. The maximum atomic E-state index is 3.92. The van der Waals surface area contributed by atoms with E-state index >= 15 is 0 Å². The molecule has 3 heteroatoms. The average molecular weight is 136 g/mol. The van der Waals surface area contributed by atoms with E-state index in [1.807, 2.05) is 19.2 Å². The molecule has 0 aliphatic carbocycles. The second kappa shape index (κ2) is 2.96. The summed E-state index contributed by atoms with van der Waals surface area (Å²) in [5, 5.41) is 0. The number of hydrazine groups is 1. The molecule has 10 heavy (non-hydrogen) atoms. The van der Waals surface area contributed by atoms with Crippen LogP contribution in [0.1, 0.15) is 0 Å². The zero-order valence-electron chi connectivity index (χ0n) is 5.91. The summed E-state index contributed by atoms with van der Waals surface area (Å²) < 4.78 is 1.62. The molecular weight excluding hydrogens is 126 g/mol. The van der Waals surface area contributed by atoms with Gasteiger partial charge in [-0.15, -0.1) is 4.68 Å². The van der Waals surface area contributed by atoms with Crippen LogP contribution in [0.15, 0.2) is 24.5 Å². The number of rotatable bonds is 2. The SMILES string of the molecule is C=[N+](C)Nc1cccnc1. The third kappa shape index (κ3) is 1.85. The molecule has 0 aromatic carbocycles. The molecule has 0 aliphatic rings. The predicted octanol–water partition coefficient (Wildman–Crippen LogP) is 0.751. The highest BCUT2D eigenvalue weighted by molar-refractivity contribution is 5.37. The van der Waals surface area contributed by atoms with Crippen LogP contribution in [0.25, 0.3) is 0 Å². The minimum absolute atomic E-state index is 0.944. The van der Waals surface area contributed by atoms with Crippen LogP contribution in [-0.2, 0) is 0 Å². The summed E-state index contributed by atoms with van der Waals surface area (Å²) in [5.74, 6) is 0. The van der Waals surface area contributed by atoms with Gasteiger partial charge in [-0.1, -0.05) is 0 Å². The van der Waals surface area contributed by atoms with Gasteiger partial charge in [-0.3, -0.25) is 4.98 Å². The standard InChI is InChI=1S/C7H10N3/c1-10(2)9-7-4-3-5-8-6-7/h3-6,9H,1H2,2H3/q+1. The number of hydrogen-bond acceptors (Lipinski definition) is 2. The van der Waals surface area contributed by atoms with E-state index in [1.54, 1.807) is 17.1 Å². The number of hydrazone groups is 1. The van der Waals surface area contributed by atoms with E-state index < -0.39 is 0 Å². The van der Waals surface area contributed by atoms with Crippen molar-refractivity contribution in [2.75, 3.05) is 12.5 Å². The van der Waals surface area contributed by atoms with Crippen molar-refractivity contribution in [1.82, 2.24) is 4.98 Å². The first kappa shape index (κ1) is 6.74. The zero-order chi connectivity index (χ0) is 7.40. The van der Waals surface area contributed by atoms with Crippen LogP contribution >= 0.6 is 0 Å². The van der Waals surface area contributed by atoms with Crippen LogP contribution in [0.2, 0.25) is 0 Å². The van der Waals surface area contributed by atoms with E-state index in [0.717, 1.165) is 5.69 Å². The van der Waals surface area contributed by atoms with Gasteiger partial charge >= 0.3 is 0 Å². The zero-order valence-corrected chi connectivity index (χ0v) is 5.91. The summed E-state index contributed by atoms with van der Waals surface area (Å²) in [6, 6.07) is 3.79. The molecule has 0 saturated heterocycles. The monoisotopic (exact) mass is 136 g/mol. The van der Waals surface area contributed by atoms with Crippen LogP contribution in [-0.4, -0.2) is 23.4 Å². The van der Waals surface area contributed by atoms with Gasteiger partial charge in [0.25, 0.3) is 0 Å². The van der Waals surface area contributed by atoms with Crippen molar-refractivity contribution in [3.8, 4) is 0 Å². The van der Waals surface area contributed by atoms with Crippen molar-refractivity contribution in [2.24, 2.45) is 0 Å². The predicted molar refractivity (Wildman–Crippen MR) is 41.2 cm³/mol. The second-order valence-electron chi connectivity index (χ2n) is 2.05. The molecule has 0 amide bonds. The van der Waals surface area contributed by atoms with E-state index in [0.29, 0.717) is 0 Å². The fraction of sp³-hybridized carbons (Fsp3) is 0.143. The maximum absolute atomic E-state index is 3.92. The highest BCUT2D eigenvalue weighted by Crippen LogP contribution is 2.00.